The molecule has 0 spiro atoms. The van der Waals surface area contributed by atoms with Crippen LogP contribution in [0.25, 0.3) is 0 Å². The van der Waals surface area contributed by atoms with Gasteiger partial charge in [0.2, 0.25) is 0 Å². The Morgan fingerprint density at radius 1 is 0.909 bits per heavy atom. The molecule has 0 aromatic carbocycles. The van der Waals surface area contributed by atoms with E-state index in [0.717, 1.165) is 31.3 Å². The second-order valence-electron chi connectivity index (χ2n) is 5.60. The quantitative estimate of drug-likeness (QED) is 0.305. The van der Waals surface area contributed by atoms with Crippen molar-refractivity contribution in [2.45, 2.75) is 53.4 Å². The normalized spacial score (nSPS) is 13.2. The second-order valence-corrected chi connectivity index (χ2v) is 7.77. The van der Waals surface area contributed by atoms with Crippen LogP contribution >= 0.6 is 7.60 Å². The van der Waals surface area contributed by atoms with E-state index in [1.165, 1.54) is 31.4 Å². The van der Waals surface area contributed by atoms with E-state index >= 15 is 0 Å². The molecule has 0 N–H and O–H groups in total. The van der Waals surface area contributed by atoms with Gasteiger partial charge in [0, 0.05) is 14.2 Å². The van der Waals surface area contributed by atoms with Gasteiger partial charge in [-0.25, -0.2) is 0 Å². The number of carbonyl (C=O) groups excluding carboxylic acids is 1. The van der Waals surface area contributed by atoms with Gasteiger partial charge < -0.3 is 9.05 Å². The Balaban J connectivity index is 4.41. The van der Waals surface area contributed by atoms with Crippen LogP contribution in [0, 0.1) is 0 Å². The Morgan fingerprint density at radius 2 is 1.41 bits per heavy atom. The zero-order valence-corrected chi connectivity index (χ0v) is 15.5. The summed E-state index contributed by atoms with van der Waals surface area (Å²) in [5, 5.41) is 0. The van der Waals surface area contributed by atoms with E-state index in [4.69, 9.17) is 0 Å². The van der Waals surface area contributed by atoms with E-state index in [9.17, 15) is 9.36 Å². The summed E-state index contributed by atoms with van der Waals surface area (Å²) in [4.78, 5) is 11.8. The van der Waals surface area contributed by atoms with Gasteiger partial charge in [-0.15, -0.1) is 0 Å². The van der Waals surface area contributed by atoms with Gasteiger partial charge >= 0.3 is 7.60 Å². The summed E-state index contributed by atoms with van der Waals surface area (Å²) in [6.07, 6.45) is 9.50. The Kier molecular flexibility index (Phi) is 10.2. The predicted octanol–water partition coefficient (Wildman–Crippen LogP) is 5.42. The van der Waals surface area contributed by atoms with Crippen molar-refractivity contribution in [1.82, 2.24) is 0 Å². The Labute approximate surface area is 134 Å². The summed E-state index contributed by atoms with van der Waals surface area (Å²) in [6.45, 7) is 8.17. The van der Waals surface area contributed by atoms with Crippen molar-refractivity contribution in [3.05, 3.63) is 34.9 Å². The fourth-order valence-electron chi connectivity index (χ4n) is 1.85. The van der Waals surface area contributed by atoms with Gasteiger partial charge in [-0.05, 0) is 59.5 Å². The third-order valence-corrected chi connectivity index (χ3v) is 4.87. The van der Waals surface area contributed by atoms with Crippen molar-refractivity contribution >= 4 is 13.1 Å². The van der Waals surface area contributed by atoms with E-state index in [0.29, 0.717) is 0 Å². The van der Waals surface area contributed by atoms with Gasteiger partial charge in [-0.3, -0.25) is 9.36 Å². The molecule has 0 aliphatic heterocycles. The molecule has 4 nitrogen and oxygen atoms in total. The molecule has 0 rings (SSSR count). The van der Waals surface area contributed by atoms with Crippen molar-refractivity contribution < 1.29 is 18.4 Å². The lowest BCUT2D eigenvalue weighted by atomic mass is 10.1. The maximum atomic E-state index is 11.9. The van der Waals surface area contributed by atoms with Crippen molar-refractivity contribution in [2.24, 2.45) is 0 Å². The molecule has 0 aromatic rings. The van der Waals surface area contributed by atoms with Crippen LogP contribution in [0.5, 0.6) is 0 Å². The van der Waals surface area contributed by atoms with Gasteiger partial charge in [0.25, 0.3) is 5.52 Å². The first-order chi connectivity index (χ1) is 10.2. The fraction of sp³-hybridized carbons (Fsp3) is 0.588. The Bertz CT molecular complexity index is 489. The van der Waals surface area contributed by atoms with Crippen LogP contribution in [-0.4, -0.2) is 19.7 Å². The average Bonchev–Trinajstić information content (AvgIpc) is 2.45. The van der Waals surface area contributed by atoms with E-state index in [-0.39, 0.29) is 0 Å². The highest BCUT2D eigenvalue weighted by molar-refractivity contribution is 7.72. The minimum absolute atomic E-state index is 0.598. The lowest BCUT2D eigenvalue weighted by molar-refractivity contribution is -0.109. The Morgan fingerprint density at radius 3 is 1.91 bits per heavy atom. The molecule has 0 aliphatic rings. The van der Waals surface area contributed by atoms with Gasteiger partial charge in [-0.1, -0.05) is 28.9 Å². The first kappa shape index (κ1) is 21.0. The van der Waals surface area contributed by atoms with E-state index in [1.54, 1.807) is 0 Å². The van der Waals surface area contributed by atoms with Crippen LogP contribution in [0.3, 0.4) is 0 Å². The van der Waals surface area contributed by atoms with Crippen LogP contribution in [0.2, 0.25) is 0 Å². The first-order valence-corrected chi connectivity index (χ1v) is 9.01. The molecule has 22 heavy (non-hydrogen) atoms. The average molecular weight is 328 g/mol. The molecule has 0 fully saturated rings. The number of rotatable bonds is 10. The summed E-state index contributed by atoms with van der Waals surface area (Å²) >= 11 is 0. The fourth-order valence-corrected chi connectivity index (χ4v) is 2.74. The van der Waals surface area contributed by atoms with Crippen molar-refractivity contribution in [3.8, 4) is 0 Å². The molecule has 0 unspecified atom stereocenters. The molecule has 0 atom stereocenters. The maximum absolute atomic E-state index is 11.9. The summed E-state index contributed by atoms with van der Waals surface area (Å²) in [6, 6.07) is 0. The number of carbonyl (C=O) groups is 1. The molecule has 0 bridgehead atoms. The molecule has 0 amide bonds. The summed E-state index contributed by atoms with van der Waals surface area (Å²) in [7, 11) is -1.21. The molecule has 0 heterocycles. The summed E-state index contributed by atoms with van der Waals surface area (Å²) < 4.78 is 21.2. The van der Waals surface area contributed by atoms with Crippen LogP contribution in [-0.2, 0) is 18.4 Å². The van der Waals surface area contributed by atoms with Crippen molar-refractivity contribution in [3.63, 3.8) is 0 Å². The zero-order chi connectivity index (χ0) is 17.2. The molecule has 5 heteroatoms. The summed E-state index contributed by atoms with van der Waals surface area (Å²) in [5.41, 5.74) is 2.95. The van der Waals surface area contributed by atoms with Gasteiger partial charge in [-0.2, -0.15) is 0 Å². The lowest BCUT2D eigenvalue weighted by Gasteiger charge is -2.10. The van der Waals surface area contributed by atoms with E-state index in [2.05, 4.69) is 42.0 Å². The molecule has 0 aliphatic carbocycles. The third-order valence-electron chi connectivity index (χ3n) is 3.24. The third kappa shape index (κ3) is 8.47. The van der Waals surface area contributed by atoms with Crippen LogP contribution in [0.15, 0.2) is 34.9 Å². The predicted molar refractivity (Wildman–Crippen MR) is 92.0 cm³/mol. The Hall–Kier alpha value is -0.960. The number of hydrogen-bond acceptors (Lipinski definition) is 4. The van der Waals surface area contributed by atoms with Gasteiger partial charge in [0.15, 0.2) is 0 Å². The summed E-state index contributed by atoms with van der Waals surface area (Å²) in [5.74, 6) is 0. The van der Waals surface area contributed by atoms with E-state index in [1.807, 2.05) is 6.92 Å². The largest absolute Gasteiger partial charge is 0.400 e. The standard InChI is InChI=1S/C17H29O4P/c1-14(2)9-7-10-15(3)11-8-12-16(4)13-17(18)22(19,20-5)21-6/h9,11,13H,7-8,10,12H2,1-6H3/b15-11+,16-13+. The highest BCUT2D eigenvalue weighted by Crippen LogP contribution is 2.47. The van der Waals surface area contributed by atoms with Crippen LogP contribution in [0.4, 0.5) is 0 Å². The van der Waals surface area contributed by atoms with Crippen LogP contribution in [0.1, 0.15) is 53.4 Å². The molecule has 0 radical (unpaired) electrons. The molecule has 0 saturated heterocycles. The van der Waals surface area contributed by atoms with E-state index < -0.39 is 13.1 Å². The van der Waals surface area contributed by atoms with Crippen LogP contribution < -0.4 is 0 Å². The molecular weight excluding hydrogens is 299 g/mol. The number of allylic oxidation sites excluding steroid dienone is 6. The lowest BCUT2D eigenvalue weighted by Crippen LogP contribution is -2.01. The second kappa shape index (κ2) is 10.7. The first-order valence-electron chi connectivity index (χ1n) is 7.47. The van der Waals surface area contributed by atoms with Gasteiger partial charge in [0.1, 0.15) is 0 Å². The van der Waals surface area contributed by atoms with Gasteiger partial charge in [0.05, 0.1) is 0 Å². The molecular formula is C17H29O4P. The van der Waals surface area contributed by atoms with Crippen molar-refractivity contribution in [2.75, 3.05) is 14.2 Å². The highest BCUT2D eigenvalue weighted by atomic mass is 31.2. The molecule has 0 aromatic heterocycles. The number of hydrogen-bond donors (Lipinski definition) is 0. The highest BCUT2D eigenvalue weighted by Gasteiger charge is 2.30. The maximum Gasteiger partial charge on any atom is 0.400 e. The zero-order valence-electron chi connectivity index (χ0n) is 14.6. The minimum Gasteiger partial charge on any atom is -0.306 e. The molecule has 0 saturated carbocycles. The molecule has 126 valence electrons. The topological polar surface area (TPSA) is 52.6 Å². The smallest absolute Gasteiger partial charge is 0.306 e. The minimum atomic E-state index is -3.64. The van der Waals surface area contributed by atoms with Crippen molar-refractivity contribution in [1.29, 1.82) is 0 Å². The monoisotopic (exact) mass is 328 g/mol. The SMILES string of the molecule is COP(=O)(OC)C(=O)/C=C(\C)CC/C=C(\C)CCC=C(C)C.